The molecule has 0 bridgehead atoms. The molecule has 0 aromatic heterocycles. The summed E-state index contributed by atoms with van der Waals surface area (Å²) in [5.74, 6) is -0.308. The molecule has 0 radical (unpaired) electrons. The molecular weight excluding hydrogens is 298 g/mol. The van der Waals surface area contributed by atoms with Crippen molar-refractivity contribution in [1.82, 2.24) is 0 Å². The summed E-state index contributed by atoms with van der Waals surface area (Å²) in [6.45, 7) is 0. The molecule has 0 amide bonds. The van der Waals surface area contributed by atoms with Crippen molar-refractivity contribution in [3.05, 3.63) is 33.0 Å². The van der Waals surface area contributed by atoms with E-state index in [-0.39, 0.29) is 10.9 Å². The van der Waals surface area contributed by atoms with Crippen molar-refractivity contribution >= 4 is 33.4 Å². The van der Waals surface area contributed by atoms with Gasteiger partial charge in [0.1, 0.15) is 11.7 Å². The minimum absolute atomic E-state index is 0.113. The van der Waals surface area contributed by atoms with Crippen molar-refractivity contribution in [2.75, 3.05) is 0 Å². The first kappa shape index (κ1) is 11.7. The SMILES string of the molecule is N/C(=N\O)C1(c2c(Cl)cc(F)cc2Br)CC1. The molecular formula is C10H9BrClFN2O. The number of rotatable bonds is 2. The molecule has 0 atom stereocenters. The maximum atomic E-state index is 13.1. The number of halogens is 3. The van der Waals surface area contributed by atoms with E-state index in [2.05, 4.69) is 21.1 Å². The molecule has 1 aromatic carbocycles. The molecule has 86 valence electrons. The van der Waals surface area contributed by atoms with E-state index >= 15 is 0 Å². The molecule has 6 heteroatoms. The zero-order chi connectivity index (χ0) is 11.9. The summed E-state index contributed by atoms with van der Waals surface area (Å²) in [5.41, 5.74) is 5.79. The fraction of sp³-hybridized carbons (Fsp3) is 0.300. The molecule has 1 saturated carbocycles. The Labute approximate surface area is 105 Å². The van der Waals surface area contributed by atoms with E-state index in [1.807, 2.05) is 0 Å². The Balaban J connectivity index is 2.57. The lowest BCUT2D eigenvalue weighted by Crippen LogP contribution is -2.29. The Morgan fingerprint density at radius 2 is 2.19 bits per heavy atom. The zero-order valence-electron chi connectivity index (χ0n) is 8.17. The van der Waals surface area contributed by atoms with Crippen LogP contribution in [0.1, 0.15) is 18.4 Å². The Hall–Kier alpha value is -0.810. The lowest BCUT2D eigenvalue weighted by Gasteiger charge is -2.17. The molecule has 1 aromatic rings. The highest BCUT2D eigenvalue weighted by Gasteiger charge is 2.51. The van der Waals surface area contributed by atoms with Gasteiger partial charge in [0.15, 0.2) is 0 Å². The maximum Gasteiger partial charge on any atom is 0.149 e. The van der Waals surface area contributed by atoms with E-state index in [0.29, 0.717) is 10.0 Å². The highest BCUT2D eigenvalue weighted by molar-refractivity contribution is 9.10. The van der Waals surface area contributed by atoms with Crippen molar-refractivity contribution < 1.29 is 9.60 Å². The van der Waals surface area contributed by atoms with E-state index in [1.165, 1.54) is 12.1 Å². The standard InChI is InChI=1S/C10H9BrClFN2O/c11-6-3-5(13)4-7(12)8(6)10(1-2-10)9(14)15-16/h3-4,16H,1-2H2,(H2,14,15). The van der Waals surface area contributed by atoms with Crippen LogP contribution in [0, 0.1) is 5.82 Å². The number of nitrogens with zero attached hydrogens (tertiary/aromatic N) is 1. The predicted octanol–water partition coefficient (Wildman–Crippen LogP) is 3.02. The van der Waals surface area contributed by atoms with Crippen LogP contribution in [0.25, 0.3) is 0 Å². The second-order valence-corrected chi connectivity index (χ2v) is 5.07. The summed E-state index contributed by atoms with van der Waals surface area (Å²) in [6, 6.07) is 2.55. The van der Waals surface area contributed by atoms with Crippen LogP contribution in [0.5, 0.6) is 0 Å². The van der Waals surface area contributed by atoms with Crippen LogP contribution >= 0.6 is 27.5 Å². The second kappa shape index (κ2) is 3.89. The van der Waals surface area contributed by atoms with Crippen LogP contribution in [0.15, 0.2) is 21.8 Å². The van der Waals surface area contributed by atoms with Crippen molar-refractivity contribution in [2.24, 2.45) is 10.9 Å². The van der Waals surface area contributed by atoms with Crippen LogP contribution in [-0.4, -0.2) is 11.0 Å². The number of amidine groups is 1. The Bertz CT molecular complexity index is 451. The normalized spacial score (nSPS) is 18.6. The third-order valence-electron chi connectivity index (χ3n) is 2.83. The third-order valence-corrected chi connectivity index (χ3v) is 3.76. The molecule has 3 nitrogen and oxygen atoms in total. The largest absolute Gasteiger partial charge is 0.409 e. The van der Waals surface area contributed by atoms with Gasteiger partial charge in [-0.2, -0.15) is 0 Å². The van der Waals surface area contributed by atoms with Gasteiger partial charge in [-0.3, -0.25) is 0 Å². The van der Waals surface area contributed by atoms with E-state index in [9.17, 15) is 4.39 Å². The van der Waals surface area contributed by atoms with Gasteiger partial charge in [0.2, 0.25) is 0 Å². The summed E-state index contributed by atoms with van der Waals surface area (Å²) in [6.07, 6.45) is 1.49. The first-order valence-electron chi connectivity index (χ1n) is 4.64. The van der Waals surface area contributed by atoms with Crippen LogP contribution in [-0.2, 0) is 5.41 Å². The minimum atomic E-state index is -0.543. The molecule has 0 saturated heterocycles. The number of hydrogen-bond acceptors (Lipinski definition) is 2. The van der Waals surface area contributed by atoms with Gasteiger partial charge in [0, 0.05) is 9.50 Å². The van der Waals surface area contributed by atoms with E-state index in [1.54, 1.807) is 0 Å². The number of oxime groups is 1. The molecule has 0 aliphatic heterocycles. The molecule has 1 aliphatic rings. The molecule has 3 N–H and O–H groups in total. The van der Waals surface area contributed by atoms with E-state index in [4.69, 9.17) is 22.5 Å². The summed E-state index contributed by atoms with van der Waals surface area (Å²) < 4.78 is 13.6. The highest BCUT2D eigenvalue weighted by atomic mass is 79.9. The fourth-order valence-corrected chi connectivity index (χ4v) is 3.17. The number of hydrogen-bond donors (Lipinski definition) is 2. The first-order chi connectivity index (χ1) is 7.51. The van der Waals surface area contributed by atoms with Gasteiger partial charge in [-0.25, -0.2) is 4.39 Å². The molecule has 16 heavy (non-hydrogen) atoms. The molecule has 0 heterocycles. The quantitative estimate of drug-likeness (QED) is 0.382. The Morgan fingerprint density at radius 3 is 2.62 bits per heavy atom. The topological polar surface area (TPSA) is 58.6 Å². The molecule has 0 spiro atoms. The van der Waals surface area contributed by atoms with Gasteiger partial charge in [-0.1, -0.05) is 32.7 Å². The lowest BCUT2D eigenvalue weighted by atomic mass is 9.94. The highest BCUT2D eigenvalue weighted by Crippen LogP contribution is 2.53. The monoisotopic (exact) mass is 306 g/mol. The van der Waals surface area contributed by atoms with Gasteiger partial charge >= 0.3 is 0 Å². The summed E-state index contributed by atoms with van der Waals surface area (Å²) in [7, 11) is 0. The smallest absolute Gasteiger partial charge is 0.149 e. The van der Waals surface area contributed by atoms with Gasteiger partial charge in [-0.05, 0) is 30.5 Å². The lowest BCUT2D eigenvalue weighted by molar-refractivity contribution is 0.315. The third kappa shape index (κ3) is 1.68. The van der Waals surface area contributed by atoms with Crippen LogP contribution in [0.4, 0.5) is 4.39 Å². The average molecular weight is 308 g/mol. The van der Waals surface area contributed by atoms with Crippen molar-refractivity contribution in [1.29, 1.82) is 0 Å². The molecule has 0 unspecified atom stereocenters. The number of nitrogens with two attached hydrogens (primary N) is 1. The Kier molecular flexibility index (Phi) is 2.84. The summed E-state index contributed by atoms with van der Waals surface area (Å²) in [4.78, 5) is 0. The molecule has 1 aliphatic carbocycles. The van der Waals surface area contributed by atoms with Gasteiger partial charge in [-0.15, -0.1) is 0 Å². The van der Waals surface area contributed by atoms with Gasteiger partial charge in [0.05, 0.1) is 5.41 Å². The molecule has 2 rings (SSSR count). The van der Waals surface area contributed by atoms with Crippen molar-refractivity contribution in [3.63, 3.8) is 0 Å². The van der Waals surface area contributed by atoms with Gasteiger partial charge in [0.25, 0.3) is 0 Å². The van der Waals surface area contributed by atoms with Crippen LogP contribution in [0.2, 0.25) is 5.02 Å². The first-order valence-corrected chi connectivity index (χ1v) is 5.81. The minimum Gasteiger partial charge on any atom is -0.409 e. The molecule has 1 fully saturated rings. The van der Waals surface area contributed by atoms with E-state index in [0.717, 1.165) is 12.8 Å². The summed E-state index contributed by atoms with van der Waals surface area (Å²) in [5, 5.41) is 12.1. The van der Waals surface area contributed by atoms with Gasteiger partial charge < -0.3 is 10.9 Å². The van der Waals surface area contributed by atoms with Crippen molar-refractivity contribution in [3.8, 4) is 0 Å². The van der Waals surface area contributed by atoms with E-state index < -0.39 is 11.2 Å². The predicted molar refractivity (Wildman–Crippen MR) is 63.4 cm³/mol. The van der Waals surface area contributed by atoms with Crippen molar-refractivity contribution in [2.45, 2.75) is 18.3 Å². The average Bonchev–Trinajstić information content (AvgIpc) is 2.96. The fourth-order valence-electron chi connectivity index (χ4n) is 1.85. The van der Waals surface area contributed by atoms with Crippen LogP contribution < -0.4 is 5.73 Å². The maximum absolute atomic E-state index is 13.1. The van der Waals surface area contributed by atoms with Crippen LogP contribution in [0.3, 0.4) is 0 Å². The summed E-state index contributed by atoms with van der Waals surface area (Å²) >= 11 is 9.25. The second-order valence-electron chi connectivity index (χ2n) is 3.81. The zero-order valence-corrected chi connectivity index (χ0v) is 10.5. The number of benzene rings is 1. The Morgan fingerprint density at radius 1 is 1.56 bits per heavy atom.